The summed E-state index contributed by atoms with van der Waals surface area (Å²) < 4.78 is 11.2. The van der Waals surface area contributed by atoms with Gasteiger partial charge in [0.05, 0.1) is 13.2 Å². The first-order valence-electron chi connectivity index (χ1n) is 8.67. The normalized spacial score (nSPS) is 15.3. The van der Waals surface area contributed by atoms with Crippen molar-refractivity contribution in [1.82, 2.24) is 4.90 Å². The van der Waals surface area contributed by atoms with Gasteiger partial charge >= 0.3 is 0 Å². The van der Waals surface area contributed by atoms with Gasteiger partial charge in [-0.05, 0) is 37.6 Å². The summed E-state index contributed by atoms with van der Waals surface area (Å²) in [5.74, 6) is 1.88. The Labute approximate surface area is 153 Å². The number of benzene rings is 2. The number of likely N-dealkylation sites (N-methyl/N-ethyl adjacent to an activating group) is 1. The Hall–Kier alpha value is -3.08. The zero-order chi connectivity index (χ0) is 18.5. The van der Waals surface area contributed by atoms with Gasteiger partial charge in [0.2, 0.25) is 0 Å². The second-order valence-electron chi connectivity index (χ2n) is 5.77. The highest BCUT2D eigenvalue weighted by Crippen LogP contribution is 2.30. The Bertz CT molecular complexity index is 857. The van der Waals surface area contributed by atoms with E-state index in [0.29, 0.717) is 36.2 Å². The molecule has 0 bridgehead atoms. The molecule has 1 aliphatic heterocycles. The van der Waals surface area contributed by atoms with E-state index in [0.717, 1.165) is 11.1 Å². The molecule has 0 saturated heterocycles. The number of aliphatic imine (C=N–C) groups is 1. The van der Waals surface area contributed by atoms with Gasteiger partial charge in [0.1, 0.15) is 11.5 Å². The van der Waals surface area contributed by atoms with Crippen LogP contribution in [0.5, 0.6) is 11.5 Å². The predicted octanol–water partition coefficient (Wildman–Crippen LogP) is 3.74. The molecule has 0 radical (unpaired) electrons. The van der Waals surface area contributed by atoms with Gasteiger partial charge in [-0.15, -0.1) is 0 Å². The molecular weight excluding hydrogens is 328 g/mol. The summed E-state index contributed by atoms with van der Waals surface area (Å²) in [7, 11) is 1.73. The van der Waals surface area contributed by atoms with Gasteiger partial charge in [0, 0.05) is 12.6 Å². The van der Waals surface area contributed by atoms with Gasteiger partial charge < -0.3 is 9.47 Å². The number of hydrogen-bond acceptors (Lipinski definition) is 4. The Balaban J connectivity index is 1.95. The average Bonchev–Trinajstić information content (AvgIpc) is 2.93. The van der Waals surface area contributed by atoms with Crippen molar-refractivity contribution >= 4 is 17.8 Å². The van der Waals surface area contributed by atoms with Gasteiger partial charge in [-0.3, -0.25) is 9.69 Å². The van der Waals surface area contributed by atoms with Crippen LogP contribution in [-0.2, 0) is 4.79 Å². The van der Waals surface area contributed by atoms with Crippen molar-refractivity contribution in [3.8, 4) is 11.5 Å². The molecular formula is C21H22N2O3. The molecule has 1 amide bonds. The number of hydrogen-bond donors (Lipinski definition) is 0. The van der Waals surface area contributed by atoms with E-state index < -0.39 is 0 Å². The highest BCUT2D eigenvalue weighted by Gasteiger charge is 2.27. The van der Waals surface area contributed by atoms with E-state index in [1.54, 1.807) is 18.0 Å². The Morgan fingerprint density at radius 2 is 1.69 bits per heavy atom. The zero-order valence-electron chi connectivity index (χ0n) is 15.2. The molecule has 0 atom stereocenters. The summed E-state index contributed by atoms with van der Waals surface area (Å²) in [5.41, 5.74) is 2.15. The lowest BCUT2D eigenvalue weighted by molar-refractivity contribution is -0.121. The van der Waals surface area contributed by atoms with Crippen LogP contribution in [0.25, 0.3) is 6.08 Å². The molecule has 0 aromatic heterocycles. The van der Waals surface area contributed by atoms with Crippen molar-refractivity contribution in [2.45, 2.75) is 13.8 Å². The third-order valence-corrected chi connectivity index (χ3v) is 3.97. The first-order chi connectivity index (χ1) is 12.6. The maximum Gasteiger partial charge on any atom is 0.277 e. The van der Waals surface area contributed by atoms with Gasteiger partial charge in [-0.2, -0.15) is 0 Å². The quantitative estimate of drug-likeness (QED) is 0.746. The van der Waals surface area contributed by atoms with E-state index in [4.69, 9.17) is 9.47 Å². The maximum absolute atomic E-state index is 12.6. The van der Waals surface area contributed by atoms with Crippen LogP contribution in [-0.4, -0.2) is 36.9 Å². The number of rotatable bonds is 6. The van der Waals surface area contributed by atoms with Crippen LogP contribution in [0.1, 0.15) is 25.0 Å². The minimum Gasteiger partial charge on any atom is -0.490 e. The molecule has 2 aromatic rings. The fourth-order valence-electron chi connectivity index (χ4n) is 2.76. The van der Waals surface area contributed by atoms with E-state index in [9.17, 15) is 4.79 Å². The molecule has 5 heteroatoms. The lowest BCUT2D eigenvalue weighted by Gasteiger charge is -2.12. The van der Waals surface area contributed by atoms with Crippen LogP contribution in [0.4, 0.5) is 0 Å². The number of carbonyl (C=O) groups is 1. The van der Waals surface area contributed by atoms with Crippen molar-refractivity contribution in [2.24, 2.45) is 4.99 Å². The van der Waals surface area contributed by atoms with Crippen LogP contribution in [0.15, 0.2) is 59.2 Å². The average molecular weight is 350 g/mol. The smallest absolute Gasteiger partial charge is 0.277 e. The molecule has 26 heavy (non-hydrogen) atoms. The monoisotopic (exact) mass is 350 g/mol. The van der Waals surface area contributed by atoms with Crippen molar-refractivity contribution in [1.29, 1.82) is 0 Å². The molecule has 0 N–H and O–H groups in total. The number of amidine groups is 1. The molecule has 134 valence electrons. The van der Waals surface area contributed by atoms with Crippen LogP contribution in [0.3, 0.4) is 0 Å². The first kappa shape index (κ1) is 17.7. The standard InChI is InChI=1S/C21H22N2O3/c1-4-25-18-12-11-15(14-19(18)26-5-2)13-17-21(24)23(3)20(22-17)16-9-7-6-8-10-16/h6-14H,4-5H2,1-3H3/b17-13-. The Kier molecular flexibility index (Phi) is 5.37. The number of carbonyl (C=O) groups excluding carboxylic acids is 1. The minimum atomic E-state index is -0.129. The van der Waals surface area contributed by atoms with Gasteiger partial charge in [0.25, 0.3) is 5.91 Å². The Morgan fingerprint density at radius 1 is 1.00 bits per heavy atom. The van der Waals surface area contributed by atoms with E-state index in [1.807, 2.05) is 62.4 Å². The maximum atomic E-state index is 12.6. The third kappa shape index (κ3) is 3.61. The Morgan fingerprint density at radius 3 is 2.38 bits per heavy atom. The topological polar surface area (TPSA) is 51.1 Å². The molecule has 0 saturated carbocycles. The lowest BCUT2D eigenvalue weighted by atomic mass is 10.1. The van der Waals surface area contributed by atoms with E-state index in [-0.39, 0.29) is 5.91 Å². The van der Waals surface area contributed by atoms with Crippen LogP contribution in [0.2, 0.25) is 0 Å². The third-order valence-electron chi connectivity index (χ3n) is 3.97. The van der Waals surface area contributed by atoms with Crippen LogP contribution < -0.4 is 9.47 Å². The summed E-state index contributed by atoms with van der Waals surface area (Å²) in [6.45, 7) is 4.96. The first-order valence-corrected chi connectivity index (χ1v) is 8.67. The highest BCUT2D eigenvalue weighted by molar-refractivity contribution is 6.19. The number of amides is 1. The summed E-state index contributed by atoms with van der Waals surface area (Å²) in [4.78, 5) is 18.7. The molecule has 2 aromatic carbocycles. The van der Waals surface area contributed by atoms with Crippen molar-refractivity contribution in [3.05, 3.63) is 65.4 Å². The molecule has 5 nitrogen and oxygen atoms in total. The van der Waals surface area contributed by atoms with E-state index in [1.165, 1.54) is 0 Å². The second-order valence-corrected chi connectivity index (χ2v) is 5.77. The fraction of sp³-hybridized carbons (Fsp3) is 0.238. The fourth-order valence-corrected chi connectivity index (χ4v) is 2.76. The van der Waals surface area contributed by atoms with Gasteiger partial charge in [0.15, 0.2) is 11.5 Å². The van der Waals surface area contributed by atoms with Crippen molar-refractivity contribution < 1.29 is 14.3 Å². The molecule has 3 rings (SSSR count). The summed E-state index contributed by atoms with van der Waals surface area (Å²) >= 11 is 0. The molecule has 0 unspecified atom stereocenters. The molecule has 0 fully saturated rings. The zero-order valence-corrected chi connectivity index (χ0v) is 15.2. The summed E-state index contributed by atoms with van der Waals surface area (Å²) in [6.07, 6.45) is 1.77. The van der Waals surface area contributed by atoms with Crippen molar-refractivity contribution in [3.63, 3.8) is 0 Å². The lowest BCUT2D eigenvalue weighted by Crippen LogP contribution is -2.28. The largest absolute Gasteiger partial charge is 0.490 e. The second kappa shape index (κ2) is 7.87. The minimum absolute atomic E-state index is 0.129. The van der Waals surface area contributed by atoms with Gasteiger partial charge in [-0.25, -0.2) is 4.99 Å². The van der Waals surface area contributed by atoms with E-state index in [2.05, 4.69) is 4.99 Å². The van der Waals surface area contributed by atoms with Gasteiger partial charge in [-0.1, -0.05) is 36.4 Å². The van der Waals surface area contributed by atoms with Crippen LogP contribution in [0, 0.1) is 0 Å². The summed E-state index contributed by atoms with van der Waals surface area (Å²) in [5, 5.41) is 0. The van der Waals surface area contributed by atoms with Crippen LogP contribution >= 0.6 is 0 Å². The molecule has 0 spiro atoms. The number of ether oxygens (including phenoxy) is 2. The van der Waals surface area contributed by atoms with Crippen molar-refractivity contribution in [2.75, 3.05) is 20.3 Å². The number of nitrogens with zero attached hydrogens (tertiary/aromatic N) is 2. The van der Waals surface area contributed by atoms with E-state index >= 15 is 0 Å². The molecule has 0 aliphatic carbocycles. The molecule has 1 heterocycles. The highest BCUT2D eigenvalue weighted by atomic mass is 16.5. The predicted molar refractivity (Wildman–Crippen MR) is 103 cm³/mol. The summed E-state index contributed by atoms with van der Waals surface area (Å²) in [6, 6.07) is 15.3. The SMILES string of the molecule is CCOc1ccc(/C=C2\N=C(c3ccccc3)N(C)C2=O)cc1OCC. The molecule has 1 aliphatic rings.